The van der Waals surface area contributed by atoms with E-state index < -0.39 is 23.3 Å². The third-order valence-electron chi connectivity index (χ3n) is 9.99. The van der Waals surface area contributed by atoms with Gasteiger partial charge in [0.25, 0.3) is 0 Å². The number of carboxylic acids is 3. The lowest BCUT2D eigenvalue weighted by atomic mass is 9.88. The van der Waals surface area contributed by atoms with Crippen LogP contribution in [0.15, 0.2) is 0 Å². The van der Waals surface area contributed by atoms with E-state index in [2.05, 4.69) is 20.8 Å². The topological polar surface area (TPSA) is 173 Å². The molecule has 0 aromatic rings. The molecule has 0 saturated heterocycles. The molecular weight excluding hydrogens is 684 g/mol. The molecule has 0 amide bonds. The first-order valence-corrected chi connectivity index (χ1v) is 22.5. The van der Waals surface area contributed by atoms with Crippen LogP contribution in [0.1, 0.15) is 246 Å². The molecule has 54 heavy (non-hydrogen) atoms. The predicted octanol–water partition coefficient (Wildman–Crippen LogP) is 12.5. The van der Waals surface area contributed by atoms with Crippen LogP contribution >= 0.6 is 0 Å². The standard InChI is InChI=1S/3C13H26O2.C6H14O3/c3*1-2-3-4-5-6-7-8-9-10-11-12-13(14)15;1-2-6(3-7,4-8)5-9/h3*2-12H2,1H3,(H,14,15);7-9H,2-5H2,1H3. The molecule has 0 aromatic carbocycles. The van der Waals surface area contributed by atoms with Crippen LogP contribution in [0.5, 0.6) is 0 Å². The largest absolute Gasteiger partial charge is 0.481 e. The molecule has 0 saturated carbocycles. The molecule has 0 unspecified atom stereocenters. The Hall–Kier alpha value is -1.71. The highest BCUT2D eigenvalue weighted by atomic mass is 16.4. The number of unbranched alkanes of at least 4 members (excludes halogenated alkanes) is 27. The molecule has 0 spiro atoms. The highest BCUT2D eigenvalue weighted by Gasteiger charge is 2.24. The molecule has 326 valence electrons. The Labute approximate surface area is 333 Å². The van der Waals surface area contributed by atoms with Gasteiger partial charge in [-0.1, -0.05) is 201 Å². The average Bonchev–Trinajstić information content (AvgIpc) is 3.15. The maximum Gasteiger partial charge on any atom is 0.303 e. The van der Waals surface area contributed by atoms with E-state index in [1.807, 2.05) is 6.92 Å². The first kappa shape index (κ1) is 59.0. The number of aliphatic carboxylic acids is 3. The number of carbonyl (C=O) groups is 3. The molecule has 0 rings (SSSR count). The second-order valence-corrected chi connectivity index (χ2v) is 15.3. The first-order chi connectivity index (χ1) is 26.1. The van der Waals surface area contributed by atoms with Gasteiger partial charge in [0.2, 0.25) is 0 Å². The van der Waals surface area contributed by atoms with Crippen LogP contribution in [0, 0.1) is 5.41 Å². The third kappa shape index (κ3) is 57.0. The summed E-state index contributed by atoms with van der Waals surface area (Å²) >= 11 is 0. The van der Waals surface area contributed by atoms with E-state index in [4.69, 9.17) is 30.6 Å². The van der Waals surface area contributed by atoms with E-state index >= 15 is 0 Å². The van der Waals surface area contributed by atoms with Gasteiger partial charge in [0.1, 0.15) is 0 Å². The Bertz CT molecular complexity index is 642. The molecule has 0 aliphatic carbocycles. The monoisotopic (exact) mass is 777 g/mol. The Morgan fingerprint density at radius 2 is 0.481 bits per heavy atom. The minimum absolute atomic E-state index is 0.156. The maximum absolute atomic E-state index is 10.2. The average molecular weight is 777 g/mol. The van der Waals surface area contributed by atoms with E-state index in [1.165, 1.54) is 154 Å². The zero-order chi connectivity index (χ0) is 41.4. The second-order valence-electron chi connectivity index (χ2n) is 15.3. The third-order valence-corrected chi connectivity index (χ3v) is 9.99. The van der Waals surface area contributed by atoms with Crippen molar-refractivity contribution < 1.29 is 45.0 Å². The summed E-state index contributed by atoms with van der Waals surface area (Å²) in [6.45, 7) is 8.07. The molecule has 0 bridgehead atoms. The molecule has 0 heterocycles. The fourth-order valence-corrected chi connectivity index (χ4v) is 5.78. The van der Waals surface area contributed by atoms with Crippen LogP contribution in [-0.4, -0.2) is 68.4 Å². The highest BCUT2D eigenvalue weighted by Crippen LogP contribution is 2.18. The minimum Gasteiger partial charge on any atom is -0.481 e. The van der Waals surface area contributed by atoms with Crippen LogP contribution in [0.25, 0.3) is 0 Å². The summed E-state index contributed by atoms with van der Waals surface area (Å²) in [5.74, 6) is -1.97. The molecule has 0 aliphatic rings. The zero-order valence-electron chi connectivity index (χ0n) is 36.1. The Morgan fingerprint density at radius 1 is 0.315 bits per heavy atom. The number of hydrogen-bond donors (Lipinski definition) is 6. The van der Waals surface area contributed by atoms with Gasteiger partial charge in [-0.3, -0.25) is 14.4 Å². The van der Waals surface area contributed by atoms with Gasteiger partial charge >= 0.3 is 17.9 Å². The van der Waals surface area contributed by atoms with Crippen molar-refractivity contribution in [1.82, 2.24) is 0 Å². The molecule has 0 atom stereocenters. The summed E-state index contributed by atoms with van der Waals surface area (Å²) in [5.41, 5.74) is -0.667. The van der Waals surface area contributed by atoms with Crippen LogP contribution < -0.4 is 0 Å². The van der Waals surface area contributed by atoms with Gasteiger partial charge in [-0.25, -0.2) is 0 Å². The van der Waals surface area contributed by atoms with E-state index in [0.717, 1.165) is 38.5 Å². The van der Waals surface area contributed by atoms with Crippen molar-refractivity contribution in [1.29, 1.82) is 0 Å². The molecule has 0 fully saturated rings. The van der Waals surface area contributed by atoms with Gasteiger partial charge in [0, 0.05) is 24.7 Å². The van der Waals surface area contributed by atoms with Crippen molar-refractivity contribution in [3.63, 3.8) is 0 Å². The van der Waals surface area contributed by atoms with Crippen molar-refractivity contribution in [2.45, 2.75) is 246 Å². The van der Waals surface area contributed by atoms with Crippen LogP contribution in [0.2, 0.25) is 0 Å². The maximum atomic E-state index is 10.2. The smallest absolute Gasteiger partial charge is 0.303 e. The van der Waals surface area contributed by atoms with Gasteiger partial charge in [-0.05, 0) is 25.7 Å². The van der Waals surface area contributed by atoms with Crippen molar-refractivity contribution in [2.75, 3.05) is 19.8 Å². The lowest BCUT2D eigenvalue weighted by Crippen LogP contribution is -2.32. The zero-order valence-corrected chi connectivity index (χ0v) is 36.1. The number of hydrogen-bond acceptors (Lipinski definition) is 6. The summed E-state index contributed by atoms with van der Waals surface area (Å²) in [6.07, 6.45) is 39.3. The summed E-state index contributed by atoms with van der Waals surface area (Å²) in [7, 11) is 0. The number of aliphatic hydroxyl groups excluding tert-OH is 3. The molecule has 0 radical (unpaired) electrons. The van der Waals surface area contributed by atoms with Crippen LogP contribution in [0.3, 0.4) is 0 Å². The highest BCUT2D eigenvalue weighted by molar-refractivity contribution is 5.67. The predicted molar refractivity (Wildman–Crippen MR) is 226 cm³/mol. The van der Waals surface area contributed by atoms with Crippen LogP contribution in [-0.2, 0) is 14.4 Å². The van der Waals surface area contributed by atoms with Gasteiger partial charge in [-0.15, -0.1) is 0 Å². The quantitative estimate of drug-likeness (QED) is 0.0336. The SMILES string of the molecule is CCC(CO)(CO)CO.CCCCCCCCCCCCC(=O)O.CCCCCCCCCCCCC(=O)O.CCCCCCCCCCCCC(=O)O. The normalized spacial score (nSPS) is 10.7. The number of aliphatic hydroxyl groups is 3. The summed E-state index contributed by atoms with van der Waals surface area (Å²) in [5, 5.41) is 51.3. The van der Waals surface area contributed by atoms with Gasteiger partial charge in [-0.2, -0.15) is 0 Å². The summed E-state index contributed by atoms with van der Waals surface area (Å²) in [4.78, 5) is 30.7. The lowest BCUT2D eigenvalue weighted by Gasteiger charge is -2.24. The van der Waals surface area contributed by atoms with Crippen molar-refractivity contribution in [3.8, 4) is 0 Å². The van der Waals surface area contributed by atoms with Crippen molar-refractivity contribution in [3.05, 3.63) is 0 Å². The Kier molecular flexibility index (Phi) is 56.0. The van der Waals surface area contributed by atoms with E-state index in [0.29, 0.717) is 25.7 Å². The van der Waals surface area contributed by atoms with Crippen molar-refractivity contribution >= 4 is 17.9 Å². The lowest BCUT2D eigenvalue weighted by molar-refractivity contribution is -0.138. The van der Waals surface area contributed by atoms with E-state index in [9.17, 15) is 14.4 Å². The first-order valence-electron chi connectivity index (χ1n) is 22.5. The van der Waals surface area contributed by atoms with Crippen molar-refractivity contribution in [2.24, 2.45) is 5.41 Å². The van der Waals surface area contributed by atoms with Crippen LogP contribution in [0.4, 0.5) is 0 Å². The van der Waals surface area contributed by atoms with Gasteiger partial charge < -0.3 is 30.6 Å². The Morgan fingerprint density at radius 3 is 0.593 bits per heavy atom. The van der Waals surface area contributed by atoms with Gasteiger partial charge in [0.15, 0.2) is 0 Å². The molecule has 6 N–H and O–H groups in total. The summed E-state index contributed by atoms with van der Waals surface area (Å²) in [6, 6.07) is 0. The molecule has 0 aromatic heterocycles. The molecular formula is C45H92O9. The van der Waals surface area contributed by atoms with E-state index in [1.54, 1.807) is 0 Å². The second kappa shape index (κ2) is 51.3. The van der Waals surface area contributed by atoms with E-state index in [-0.39, 0.29) is 19.8 Å². The fourth-order valence-electron chi connectivity index (χ4n) is 5.78. The molecule has 9 heteroatoms. The molecule has 9 nitrogen and oxygen atoms in total. The number of rotatable bonds is 37. The van der Waals surface area contributed by atoms with Gasteiger partial charge in [0.05, 0.1) is 19.8 Å². The minimum atomic E-state index is -0.667. The number of carboxylic acid groups (broad SMARTS) is 3. The molecule has 0 aliphatic heterocycles. The summed E-state index contributed by atoms with van der Waals surface area (Å²) < 4.78 is 0. The fraction of sp³-hybridized carbons (Fsp3) is 0.933. The Balaban J connectivity index is -0.000000314.